The Hall–Kier alpha value is -3.99. The first-order valence-electron chi connectivity index (χ1n) is 11.7. The summed E-state index contributed by atoms with van der Waals surface area (Å²) in [6, 6.07) is 5.11. The number of carbonyl (C=O) groups is 2. The standard InChI is InChI=1S/C25H29N7O4/c1-25(2,3)36-24(34)32-12-17(35-5)9-20(32)18-13-31-14-21(26-11-22(31)28-18)29-23(33)15-6-7-19-16(8-15)10-27-30(19)4/h6-8,10-11,13-14,17,20H,9,12H2,1-5H3,(H,29,33)/t17-,20?/m1/s1. The molecule has 1 fully saturated rings. The van der Waals surface area contributed by atoms with Gasteiger partial charge in [-0.1, -0.05) is 0 Å². The molecule has 188 valence electrons. The highest BCUT2D eigenvalue weighted by Crippen LogP contribution is 2.34. The van der Waals surface area contributed by atoms with Crippen molar-refractivity contribution in [2.24, 2.45) is 7.05 Å². The zero-order valence-electron chi connectivity index (χ0n) is 20.9. The van der Waals surface area contributed by atoms with E-state index in [1.165, 1.54) is 0 Å². The number of aryl methyl sites for hydroxylation is 1. The highest BCUT2D eigenvalue weighted by Gasteiger charge is 2.39. The van der Waals surface area contributed by atoms with Crippen molar-refractivity contribution in [2.75, 3.05) is 19.0 Å². The van der Waals surface area contributed by atoms with Gasteiger partial charge in [-0.25, -0.2) is 14.8 Å². The van der Waals surface area contributed by atoms with Crippen molar-refractivity contribution in [3.63, 3.8) is 0 Å². The topological polar surface area (TPSA) is 116 Å². The van der Waals surface area contributed by atoms with E-state index in [-0.39, 0.29) is 18.1 Å². The van der Waals surface area contributed by atoms with Crippen molar-refractivity contribution in [2.45, 2.75) is 44.9 Å². The van der Waals surface area contributed by atoms with Gasteiger partial charge < -0.3 is 19.2 Å². The Kier molecular flexibility index (Phi) is 5.87. The third-order valence-electron chi connectivity index (χ3n) is 6.18. The Morgan fingerprint density at radius 3 is 2.72 bits per heavy atom. The smallest absolute Gasteiger partial charge is 0.410 e. The number of benzene rings is 1. The van der Waals surface area contributed by atoms with Gasteiger partial charge in [-0.3, -0.25) is 14.4 Å². The van der Waals surface area contributed by atoms with E-state index in [0.29, 0.717) is 35.7 Å². The second-order valence-electron chi connectivity index (χ2n) is 9.94. The first-order chi connectivity index (χ1) is 17.1. The molecule has 4 aromatic rings. The van der Waals surface area contributed by atoms with Gasteiger partial charge in [-0.15, -0.1) is 0 Å². The molecule has 0 saturated carbocycles. The van der Waals surface area contributed by atoms with Crippen LogP contribution in [0.2, 0.25) is 0 Å². The Bertz CT molecular complexity index is 1450. The van der Waals surface area contributed by atoms with Gasteiger partial charge in [0.05, 0.1) is 48.5 Å². The second-order valence-corrected chi connectivity index (χ2v) is 9.94. The number of anilines is 1. The summed E-state index contributed by atoms with van der Waals surface area (Å²) in [5.74, 6) is 0.107. The van der Waals surface area contributed by atoms with Gasteiger partial charge in [-0.05, 0) is 39.0 Å². The Morgan fingerprint density at radius 1 is 1.17 bits per heavy atom. The molecule has 11 heteroatoms. The molecule has 4 heterocycles. The molecule has 1 aromatic carbocycles. The molecule has 1 N–H and O–H groups in total. The zero-order chi connectivity index (χ0) is 25.6. The zero-order valence-corrected chi connectivity index (χ0v) is 20.9. The number of likely N-dealkylation sites (tertiary alicyclic amines) is 1. The van der Waals surface area contributed by atoms with Crippen LogP contribution in [-0.2, 0) is 16.5 Å². The maximum absolute atomic E-state index is 12.9. The molecular weight excluding hydrogens is 462 g/mol. The average Bonchev–Trinajstić information content (AvgIpc) is 3.53. The molecule has 0 spiro atoms. The van der Waals surface area contributed by atoms with E-state index in [2.05, 4.69) is 20.4 Å². The lowest BCUT2D eigenvalue weighted by Crippen LogP contribution is -2.37. The van der Waals surface area contributed by atoms with Gasteiger partial charge in [0, 0.05) is 37.7 Å². The van der Waals surface area contributed by atoms with Gasteiger partial charge >= 0.3 is 6.09 Å². The Labute approximate surface area is 208 Å². The molecule has 2 amide bonds. The van der Waals surface area contributed by atoms with Crippen molar-refractivity contribution >= 4 is 34.4 Å². The maximum Gasteiger partial charge on any atom is 0.410 e. The third-order valence-corrected chi connectivity index (χ3v) is 6.18. The van der Waals surface area contributed by atoms with E-state index in [0.717, 1.165) is 10.9 Å². The van der Waals surface area contributed by atoms with Gasteiger partial charge in [0.1, 0.15) is 11.4 Å². The lowest BCUT2D eigenvalue weighted by molar-refractivity contribution is 0.0192. The first-order valence-corrected chi connectivity index (χ1v) is 11.7. The van der Waals surface area contributed by atoms with Crippen LogP contribution in [0.15, 0.2) is 43.0 Å². The molecule has 1 aliphatic heterocycles. The summed E-state index contributed by atoms with van der Waals surface area (Å²) in [5, 5.41) is 7.94. The fraction of sp³-hybridized carbons (Fsp3) is 0.400. The number of nitrogens with zero attached hydrogens (tertiary/aromatic N) is 6. The van der Waals surface area contributed by atoms with Crippen molar-refractivity contribution in [1.82, 2.24) is 29.0 Å². The number of hydrogen-bond donors (Lipinski definition) is 1. The number of ether oxygens (including phenoxy) is 2. The van der Waals surface area contributed by atoms with E-state index < -0.39 is 11.7 Å². The van der Waals surface area contributed by atoms with Crippen molar-refractivity contribution in [1.29, 1.82) is 0 Å². The summed E-state index contributed by atoms with van der Waals surface area (Å²) >= 11 is 0. The lowest BCUT2D eigenvalue weighted by Gasteiger charge is -2.27. The van der Waals surface area contributed by atoms with E-state index in [1.54, 1.807) is 51.8 Å². The minimum Gasteiger partial charge on any atom is -0.444 e. The number of imidazole rings is 1. The van der Waals surface area contributed by atoms with Gasteiger partial charge in [-0.2, -0.15) is 5.10 Å². The monoisotopic (exact) mass is 491 g/mol. The molecule has 3 aromatic heterocycles. The lowest BCUT2D eigenvalue weighted by atomic mass is 10.1. The SMILES string of the molecule is CO[C@@H]1CC(c2cn3cc(NC(=O)c4ccc5c(cnn5C)c4)ncc3n2)N(C(=O)OC(C)(C)C)C1. The normalized spacial score (nSPS) is 18.2. The number of aromatic nitrogens is 5. The molecule has 2 atom stereocenters. The number of amides is 2. The molecule has 1 unspecified atom stereocenters. The van der Waals surface area contributed by atoms with Crippen molar-refractivity contribution in [3.05, 3.63) is 54.2 Å². The van der Waals surface area contributed by atoms with Crippen LogP contribution < -0.4 is 5.32 Å². The van der Waals surface area contributed by atoms with Crippen LogP contribution in [0.4, 0.5) is 10.6 Å². The fourth-order valence-corrected chi connectivity index (χ4v) is 4.41. The van der Waals surface area contributed by atoms with Crippen LogP contribution in [0.1, 0.15) is 49.3 Å². The number of rotatable bonds is 4. The fourth-order valence-electron chi connectivity index (χ4n) is 4.41. The molecule has 1 aliphatic rings. The number of methoxy groups -OCH3 is 1. The van der Waals surface area contributed by atoms with Crippen LogP contribution in [0, 0.1) is 0 Å². The quantitative estimate of drug-likeness (QED) is 0.464. The van der Waals surface area contributed by atoms with Gasteiger partial charge in [0.25, 0.3) is 5.91 Å². The first kappa shape index (κ1) is 23.7. The van der Waals surface area contributed by atoms with Crippen LogP contribution in [0.3, 0.4) is 0 Å². The third kappa shape index (κ3) is 4.61. The summed E-state index contributed by atoms with van der Waals surface area (Å²) in [6.45, 7) is 5.94. The largest absolute Gasteiger partial charge is 0.444 e. The summed E-state index contributed by atoms with van der Waals surface area (Å²) in [7, 11) is 3.49. The van der Waals surface area contributed by atoms with Crippen LogP contribution in [-0.4, -0.2) is 66.4 Å². The van der Waals surface area contributed by atoms with Gasteiger partial charge in [0.15, 0.2) is 5.65 Å². The van der Waals surface area contributed by atoms with E-state index in [1.807, 2.05) is 40.1 Å². The Morgan fingerprint density at radius 2 is 1.97 bits per heavy atom. The molecule has 1 saturated heterocycles. The van der Waals surface area contributed by atoms with E-state index in [4.69, 9.17) is 9.47 Å². The number of hydrogen-bond acceptors (Lipinski definition) is 7. The molecule has 0 radical (unpaired) electrons. The van der Waals surface area contributed by atoms with E-state index in [9.17, 15) is 9.59 Å². The summed E-state index contributed by atoms with van der Waals surface area (Å²) in [4.78, 5) is 36.4. The highest BCUT2D eigenvalue weighted by molar-refractivity contribution is 6.05. The minimum absolute atomic E-state index is 0.113. The predicted molar refractivity (Wildman–Crippen MR) is 133 cm³/mol. The Balaban J connectivity index is 1.37. The molecular formula is C25H29N7O4. The minimum atomic E-state index is -0.607. The highest BCUT2D eigenvalue weighted by atomic mass is 16.6. The number of carbonyl (C=O) groups excluding carboxylic acids is 2. The number of nitrogens with one attached hydrogen (secondary N) is 1. The van der Waals surface area contributed by atoms with Crippen LogP contribution in [0.5, 0.6) is 0 Å². The van der Waals surface area contributed by atoms with Crippen LogP contribution >= 0.6 is 0 Å². The maximum atomic E-state index is 12.9. The summed E-state index contributed by atoms with van der Waals surface area (Å²) < 4.78 is 14.7. The average molecular weight is 492 g/mol. The van der Waals surface area contributed by atoms with Crippen molar-refractivity contribution < 1.29 is 19.1 Å². The molecule has 0 aliphatic carbocycles. The molecule has 0 bridgehead atoms. The predicted octanol–water partition coefficient (Wildman–Crippen LogP) is 3.57. The summed E-state index contributed by atoms with van der Waals surface area (Å²) in [6.07, 6.45) is 6.94. The number of fused-ring (bicyclic) bond motifs is 2. The second kappa shape index (κ2) is 8.90. The van der Waals surface area contributed by atoms with Gasteiger partial charge in [0.2, 0.25) is 0 Å². The van der Waals surface area contributed by atoms with Crippen molar-refractivity contribution in [3.8, 4) is 0 Å². The van der Waals surface area contributed by atoms with Crippen LogP contribution in [0.25, 0.3) is 16.6 Å². The molecule has 5 rings (SSSR count). The molecule has 36 heavy (non-hydrogen) atoms. The van der Waals surface area contributed by atoms with E-state index >= 15 is 0 Å². The molecule has 11 nitrogen and oxygen atoms in total. The summed E-state index contributed by atoms with van der Waals surface area (Å²) in [5.41, 5.74) is 2.15.